The molecular weight excluding hydrogens is 326 g/mol. The van der Waals surface area contributed by atoms with E-state index in [4.69, 9.17) is 4.74 Å². The first kappa shape index (κ1) is 17.7. The Bertz CT molecular complexity index is 808. The minimum Gasteiger partial charge on any atom is -0.497 e. The molecule has 1 N–H and O–H groups in total. The van der Waals surface area contributed by atoms with Gasteiger partial charge in [-0.3, -0.25) is 4.98 Å². The lowest BCUT2D eigenvalue weighted by Crippen LogP contribution is -2.22. The van der Waals surface area contributed by atoms with Gasteiger partial charge in [-0.1, -0.05) is 12.1 Å². The number of methoxy groups -OCH3 is 1. The van der Waals surface area contributed by atoms with Gasteiger partial charge in [0.05, 0.1) is 7.11 Å². The smallest absolute Gasteiger partial charge is 0.226 e. The number of ether oxygens (including phenoxy) is 1. The predicted octanol–water partition coefficient (Wildman–Crippen LogP) is 3.17. The highest BCUT2D eigenvalue weighted by Crippen LogP contribution is 2.14. The van der Waals surface area contributed by atoms with E-state index >= 15 is 0 Å². The Hall–Kier alpha value is -3.15. The van der Waals surface area contributed by atoms with E-state index in [-0.39, 0.29) is 0 Å². The monoisotopic (exact) mass is 349 g/mol. The summed E-state index contributed by atoms with van der Waals surface area (Å²) >= 11 is 0. The Balaban J connectivity index is 1.56. The maximum absolute atomic E-state index is 5.18. The van der Waals surface area contributed by atoms with Crippen LogP contribution in [0.15, 0.2) is 61.1 Å². The van der Waals surface area contributed by atoms with Gasteiger partial charge in [0.1, 0.15) is 11.6 Å². The molecule has 0 spiro atoms. The predicted molar refractivity (Wildman–Crippen MR) is 104 cm³/mol. The van der Waals surface area contributed by atoms with Crippen molar-refractivity contribution < 1.29 is 4.74 Å². The van der Waals surface area contributed by atoms with Crippen molar-refractivity contribution in [3.63, 3.8) is 0 Å². The standard InChI is InChI=1S/C20H23N5O/c1-25(14-10-16-7-11-21-12-8-16)20-22-13-9-19(24-20)23-15-17-3-5-18(26-2)6-4-17/h3-9,11-13H,10,14-15H2,1-2H3,(H,22,23,24). The van der Waals surface area contributed by atoms with Crippen LogP contribution in [-0.4, -0.2) is 35.7 Å². The lowest BCUT2D eigenvalue weighted by molar-refractivity contribution is 0.414. The number of pyridine rings is 1. The average Bonchev–Trinajstić information content (AvgIpc) is 2.72. The van der Waals surface area contributed by atoms with Crippen LogP contribution in [0.4, 0.5) is 11.8 Å². The molecule has 0 unspecified atom stereocenters. The number of nitrogens with zero attached hydrogens (tertiary/aromatic N) is 4. The van der Waals surface area contributed by atoms with Gasteiger partial charge in [0, 0.05) is 38.7 Å². The zero-order valence-corrected chi connectivity index (χ0v) is 15.1. The van der Waals surface area contributed by atoms with Crippen molar-refractivity contribution in [2.24, 2.45) is 0 Å². The van der Waals surface area contributed by atoms with Gasteiger partial charge in [-0.05, 0) is 47.9 Å². The molecular formula is C20H23N5O. The number of likely N-dealkylation sites (N-methyl/N-ethyl adjacent to an activating group) is 1. The summed E-state index contributed by atoms with van der Waals surface area (Å²) in [6.07, 6.45) is 6.33. The van der Waals surface area contributed by atoms with E-state index in [1.54, 1.807) is 13.3 Å². The molecule has 6 heteroatoms. The molecule has 0 fully saturated rings. The third kappa shape index (κ3) is 4.92. The first-order valence-corrected chi connectivity index (χ1v) is 8.54. The van der Waals surface area contributed by atoms with Crippen LogP contribution in [0.2, 0.25) is 0 Å². The summed E-state index contributed by atoms with van der Waals surface area (Å²) < 4.78 is 5.18. The van der Waals surface area contributed by atoms with Crippen molar-refractivity contribution in [2.75, 3.05) is 30.9 Å². The van der Waals surface area contributed by atoms with Gasteiger partial charge < -0.3 is 15.0 Å². The van der Waals surface area contributed by atoms with Crippen LogP contribution in [0.25, 0.3) is 0 Å². The van der Waals surface area contributed by atoms with Gasteiger partial charge in [-0.15, -0.1) is 0 Å². The molecule has 0 atom stereocenters. The van der Waals surface area contributed by atoms with Crippen molar-refractivity contribution in [1.82, 2.24) is 15.0 Å². The zero-order valence-electron chi connectivity index (χ0n) is 15.1. The van der Waals surface area contributed by atoms with Crippen LogP contribution in [0.1, 0.15) is 11.1 Å². The highest BCUT2D eigenvalue weighted by atomic mass is 16.5. The molecule has 0 bridgehead atoms. The molecule has 3 aromatic rings. The molecule has 26 heavy (non-hydrogen) atoms. The van der Waals surface area contributed by atoms with Gasteiger partial charge in [0.15, 0.2) is 0 Å². The van der Waals surface area contributed by atoms with Gasteiger partial charge >= 0.3 is 0 Å². The van der Waals surface area contributed by atoms with Crippen LogP contribution >= 0.6 is 0 Å². The highest BCUT2D eigenvalue weighted by Gasteiger charge is 2.06. The lowest BCUT2D eigenvalue weighted by Gasteiger charge is -2.17. The summed E-state index contributed by atoms with van der Waals surface area (Å²) in [5.74, 6) is 2.37. The summed E-state index contributed by atoms with van der Waals surface area (Å²) in [5, 5.41) is 3.34. The molecule has 0 radical (unpaired) electrons. The van der Waals surface area contributed by atoms with Gasteiger partial charge in [0.2, 0.25) is 5.95 Å². The van der Waals surface area contributed by atoms with Crippen molar-refractivity contribution in [2.45, 2.75) is 13.0 Å². The van der Waals surface area contributed by atoms with E-state index < -0.39 is 0 Å². The molecule has 0 aliphatic carbocycles. The number of rotatable bonds is 8. The lowest BCUT2D eigenvalue weighted by atomic mass is 10.2. The second-order valence-corrected chi connectivity index (χ2v) is 5.97. The van der Waals surface area contributed by atoms with Crippen LogP contribution in [0, 0.1) is 0 Å². The van der Waals surface area contributed by atoms with Crippen LogP contribution in [0.5, 0.6) is 5.75 Å². The van der Waals surface area contributed by atoms with E-state index in [0.717, 1.165) is 30.1 Å². The van der Waals surface area contributed by atoms with Crippen LogP contribution in [0.3, 0.4) is 0 Å². The van der Waals surface area contributed by atoms with Crippen molar-refractivity contribution >= 4 is 11.8 Å². The number of nitrogens with one attached hydrogen (secondary N) is 1. The number of benzene rings is 1. The van der Waals surface area contributed by atoms with Gasteiger partial charge in [0.25, 0.3) is 0 Å². The van der Waals surface area contributed by atoms with E-state index in [1.807, 2.05) is 61.9 Å². The molecule has 2 heterocycles. The molecule has 0 aliphatic heterocycles. The van der Waals surface area contributed by atoms with Crippen LogP contribution < -0.4 is 15.0 Å². The normalized spacial score (nSPS) is 10.4. The first-order valence-electron chi connectivity index (χ1n) is 8.54. The molecule has 2 aromatic heterocycles. The van der Waals surface area contributed by atoms with E-state index in [9.17, 15) is 0 Å². The van der Waals surface area contributed by atoms with E-state index in [0.29, 0.717) is 12.5 Å². The van der Waals surface area contributed by atoms with Crippen molar-refractivity contribution in [1.29, 1.82) is 0 Å². The Kier molecular flexibility index (Phi) is 5.98. The summed E-state index contributed by atoms with van der Waals surface area (Å²) in [6, 6.07) is 13.9. The number of hydrogen-bond acceptors (Lipinski definition) is 6. The zero-order chi connectivity index (χ0) is 18.2. The number of hydrogen-bond donors (Lipinski definition) is 1. The third-order valence-corrected chi connectivity index (χ3v) is 4.10. The minimum absolute atomic E-state index is 0.696. The number of anilines is 2. The Labute approximate surface area is 153 Å². The summed E-state index contributed by atoms with van der Waals surface area (Å²) in [4.78, 5) is 15.1. The SMILES string of the molecule is COc1ccc(CNc2ccnc(N(C)CCc3ccncc3)n2)cc1. The second-order valence-electron chi connectivity index (χ2n) is 5.97. The summed E-state index contributed by atoms with van der Waals surface area (Å²) in [7, 11) is 3.67. The Morgan fingerprint density at radius 3 is 2.46 bits per heavy atom. The molecule has 3 rings (SSSR count). The molecule has 1 aromatic carbocycles. The Morgan fingerprint density at radius 2 is 1.73 bits per heavy atom. The van der Waals surface area contributed by atoms with Crippen molar-refractivity contribution in [3.8, 4) is 5.75 Å². The first-order chi connectivity index (χ1) is 12.7. The van der Waals surface area contributed by atoms with Crippen molar-refractivity contribution in [3.05, 3.63) is 72.2 Å². The molecule has 0 saturated heterocycles. The van der Waals surface area contributed by atoms with Gasteiger partial charge in [-0.2, -0.15) is 4.98 Å². The maximum atomic E-state index is 5.18. The number of aromatic nitrogens is 3. The molecule has 0 saturated carbocycles. The molecule has 134 valence electrons. The fourth-order valence-electron chi connectivity index (χ4n) is 2.51. The highest BCUT2D eigenvalue weighted by molar-refractivity contribution is 5.42. The minimum atomic E-state index is 0.696. The summed E-state index contributed by atoms with van der Waals surface area (Å²) in [5.41, 5.74) is 2.41. The second kappa shape index (κ2) is 8.80. The fourth-order valence-corrected chi connectivity index (χ4v) is 2.51. The molecule has 6 nitrogen and oxygen atoms in total. The maximum Gasteiger partial charge on any atom is 0.226 e. The van der Waals surface area contributed by atoms with Gasteiger partial charge in [-0.25, -0.2) is 4.98 Å². The summed E-state index contributed by atoms with van der Waals surface area (Å²) in [6.45, 7) is 1.53. The third-order valence-electron chi connectivity index (χ3n) is 4.10. The van der Waals surface area contributed by atoms with E-state index in [1.165, 1.54) is 5.56 Å². The van der Waals surface area contributed by atoms with Crippen LogP contribution in [-0.2, 0) is 13.0 Å². The quantitative estimate of drug-likeness (QED) is 0.674. The topological polar surface area (TPSA) is 63.2 Å². The van der Waals surface area contributed by atoms with E-state index in [2.05, 4.69) is 25.2 Å². The molecule has 0 aliphatic rings. The Morgan fingerprint density at radius 1 is 0.962 bits per heavy atom. The molecule has 0 amide bonds. The average molecular weight is 349 g/mol. The fraction of sp³-hybridized carbons (Fsp3) is 0.250. The largest absolute Gasteiger partial charge is 0.497 e.